The summed E-state index contributed by atoms with van der Waals surface area (Å²) in [4.78, 5) is 12.1. The van der Waals surface area contributed by atoms with Gasteiger partial charge in [0, 0.05) is 11.4 Å². The van der Waals surface area contributed by atoms with Crippen LogP contribution in [0.1, 0.15) is 25.0 Å². The molecule has 0 unspecified atom stereocenters. The molecule has 24 heavy (non-hydrogen) atoms. The Labute approximate surface area is 144 Å². The first-order valence-corrected chi connectivity index (χ1v) is 8.28. The van der Waals surface area contributed by atoms with E-state index in [4.69, 9.17) is 4.74 Å². The van der Waals surface area contributed by atoms with E-state index in [1.165, 1.54) is 5.56 Å². The fourth-order valence-electron chi connectivity index (χ4n) is 2.29. The number of amides is 1. The van der Waals surface area contributed by atoms with Gasteiger partial charge in [-0.3, -0.25) is 4.79 Å². The highest BCUT2D eigenvalue weighted by Gasteiger charge is 2.05. The average Bonchev–Trinajstić information content (AvgIpc) is 2.53. The smallest absolute Gasteiger partial charge is 0.243 e. The summed E-state index contributed by atoms with van der Waals surface area (Å²) in [6.07, 6.45) is 0. The summed E-state index contributed by atoms with van der Waals surface area (Å²) in [5.74, 6) is 1.22. The van der Waals surface area contributed by atoms with Crippen molar-refractivity contribution in [3.8, 4) is 5.75 Å². The third-order valence-corrected chi connectivity index (χ3v) is 3.54. The van der Waals surface area contributed by atoms with Crippen molar-refractivity contribution in [2.75, 3.05) is 23.8 Å². The van der Waals surface area contributed by atoms with Gasteiger partial charge in [-0.25, -0.2) is 0 Å². The third kappa shape index (κ3) is 5.61. The Kier molecular flexibility index (Phi) is 6.24. The van der Waals surface area contributed by atoms with Crippen LogP contribution in [0.4, 0.5) is 11.4 Å². The summed E-state index contributed by atoms with van der Waals surface area (Å²) >= 11 is 0. The number of anilines is 2. The van der Waals surface area contributed by atoms with Crippen molar-refractivity contribution in [3.63, 3.8) is 0 Å². The van der Waals surface area contributed by atoms with Gasteiger partial charge in [0.05, 0.1) is 13.2 Å². The molecule has 0 heterocycles. The molecule has 0 atom stereocenters. The van der Waals surface area contributed by atoms with Gasteiger partial charge < -0.3 is 15.4 Å². The van der Waals surface area contributed by atoms with E-state index < -0.39 is 0 Å². The number of aryl methyl sites for hydroxylation is 2. The van der Waals surface area contributed by atoms with E-state index in [1.807, 2.05) is 43.3 Å². The first-order valence-electron chi connectivity index (χ1n) is 8.28. The minimum atomic E-state index is -0.0779. The number of benzene rings is 2. The predicted octanol–water partition coefficient (Wildman–Crippen LogP) is 4.39. The summed E-state index contributed by atoms with van der Waals surface area (Å²) in [6.45, 7) is 9.22. The van der Waals surface area contributed by atoms with Crippen LogP contribution >= 0.6 is 0 Å². The zero-order chi connectivity index (χ0) is 17.5. The molecule has 2 aromatic rings. The highest BCUT2D eigenvalue weighted by atomic mass is 16.5. The van der Waals surface area contributed by atoms with Gasteiger partial charge in [0.15, 0.2) is 0 Å². The van der Waals surface area contributed by atoms with Crippen LogP contribution in [0.3, 0.4) is 0 Å². The SMILES string of the molecule is Cc1ccc(NCC(=O)Nc2ccc(OCC(C)C)cc2)c(C)c1. The largest absolute Gasteiger partial charge is 0.493 e. The number of carbonyl (C=O) groups is 1. The highest BCUT2D eigenvalue weighted by Crippen LogP contribution is 2.17. The van der Waals surface area contributed by atoms with Crippen molar-refractivity contribution in [1.29, 1.82) is 0 Å². The van der Waals surface area contributed by atoms with Gasteiger partial charge in [-0.05, 0) is 55.7 Å². The third-order valence-electron chi connectivity index (χ3n) is 3.54. The molecule has 1 amide bonds. The van der Waals surface area contributed by atoms with Crippen LogP contribution in [-0.2, 0) is 4.79 Å². The van der Waals surface area contributed by atoms with Crippen LogP contribution in [0, 0.1) is 19.8 Å². The van der Waals surface area contributed by atoms with E-state index in [0.717, 1.165) is 22.7 Å². The van der Waals surface area contributed by atoms with Crippen molar-refractivity contribution in [2.45, 2.75) is 27.7 Å². The van der Waals surface area contributed by atoms with Gasteiger partial charge in [-0.15, -0.1) is 0 Å². The summed E-state index contributed by atoms with van der Waals surface area (Å²) in [5.41, 5.74) is 4.09. The van der Waals surface area contributed by atoms with Crippen molar-refractivity contribution >= 4 is 17.3 Å². The molecule has 0 spiro atoms. The standard InChI is InChI=1S/C20H26N2O2/c1-14(2)13-24-18-8-6-17(7-9-18)22-20(23)12-21-19-10-5-15(3)11-16(19)4/h5-11,14,21H,12-13H2,1-4H3,(H,22,23). The molecule has 2 N–H and O–H groups in total. The molecule has 0 saturated heterocycles. The maximum atomic E-state index is 12.1. The molecule has 0 aliphatic rings. The first kappa shape index (κ1) is 17.9. The van der Waals surface area contributed by atoms with E-state index in [0.29, 0.717) is 12.5 Å². The summed E-state index contributed by atoms with van der Waals surface area (Å²) in [5, 5.41) is 6.05. The van der Waals surface area contributed by atoms with Gasteiger partial charge in [0.2, 0.25) is 5.91 Å². The van der Waals surface area contributed by atoms with Gasteiger partial charge in [0.25, 0.3) is 0 Å². The number of hydrogen-bond acceptors (Lipinski definition) is 3. The zero-order valence-electron chi connectivity index (χ0n) is 14.8. The zero-order valence-corrected chi connectivity index (χ0v) is 14.8. The Morgan fingerprint density at radius 3 is 2.42 bits per heavy atom. The summed E-state index contributed by atoms with van der Waals surface area (Å²) in [7, 11) is 0. The van der Waals surface area contributed by atoms with Crippen molar-refractivity contribution in [2.24, 2.45) is 5.92 Å². The lowest BCUT2D eigenvalue weighted by Gasteiger charge is -2.12. The molecule has 0 fully saturated rings. The van der Waals surface area contributed by atoms with Crippen molar-refractivity contribution in [1.82, 2.24) is 0 Å². The monoisotopic (exact) mass is 326 g/mol. The van der Waals surface area contributed by atoms with Gasteiger partial charge in [0.1, 0.15) is 5.75 Å². The molecule has 2 aromatic carbocycles. The molecule has 0 bridgehead atoms. The maximum Gasteiger partial charge on any atom is 0.243 e. The molecule has 0 aliphatic heterocycles. The van der Waals surface area contributed by atoms with Crippen LogP contribution < -0.4 is 15.4 Å². The second kappa shape index (κ2) is 8.39. The lowest BCUT2D eigenvalue weighted by atomic mass is 10.1. The molecular formula is C20H26N2O2. The molecule has 0 radical (unpaired) electrons. The fraction of sp³-hybridized carbons (Fsp3) is 0.350. The van der Waals surface area contributed by atoms with E-state index in [1.54, 1.807) is 0 Å². The quantitative estimate of drug-likeness (QED) is 0.793. The lowest BCUT2D eigenvalue weighted by molar-refractivity contribution is -0.114. The second-order valence-corrected chi connectivity index (χ2v) is 6.45. The summed E-state index contributed by atoms with van der Waals surface area (Å²) < 4.78 is 5.63. The molecule has 4 heteroatoms. The van der Waals surface area contributed by atoms with Crippen LogP contribution in [0.25, 0.3) is 0 Å². The van der Waals surface area contributed by atoms with Crippen LogP contribution in [0.15, 0.2) is 42.5 Å². The van der Waals surface area contributed by atoms with Gasteiger partial charge in [-0.2, -0.15) is 0 Å². The maximum absolute atomic E-state index is 12.1. The number of hydrogen-bond donors (Lipinski definition) is 2. The minimum Gasteiger partial charge on any atom is -0.493 e. The number of carbonyl (C=O) groups excluding carboxylic acids is 1. The minimum absolute atomic E-state index is 0.0779. The van der Waals surface area contributed by atoms with E-state index in [2.05, 4.69) is 37.5 Å². The van der Waals surface area contributed by atoms with E-state index in [-0.39, 0.29) is 12.5 Å². The van der Waals surface area contributed by atoms with Crippen LogP contribution in [-0.4, -0.2) is 19.1 Å². The predicted molar refractivity (Wildman–Crippen MR) is 99.8 cm³/mol. The topological polar surface area (TPSA) is 50.4 Å². The molecule has 4 nitrogen and oxygen atoms in total. The molecule has 0 aromatic heterocycles. The van der Waals surface area contributed by atoms with Gasteiger partial charge in [-0.1, -0.05) is 31.5 Å². The van der Waals surface area contributed by atoms with Crippen molar-refractivity contribution in [3.05, 3.63) is 53.6 Å². The molecule has 128 valence electrons. The molecule has 2 rings (SSSR count). The first-order chi connectivity index (χ1) is 11.4. The number of nitrogens with one attached hydrogen (secondary N) is 2. The Morgan fingerprint density at radius 1 is 1.08 bits per heavy atom. The molecular weight excluding hydrogens is 300 g/mol. The van der Waals surface area contributed by atoms with E-state index >= 15 is 0 Å². The number of rotatable bonds is 7. The fourth-order valence-corrected chi connectivity index (χ4v) is 2.29. The van der Waals surface area contributed by atoms with Crippen LogP contribution in [0.2, 0.25) is 0 Å². The highest BCUT2D eigenvalue weighted by molar-refractivity contribution is 5.93. The Balaban J connectivity index is 1.83. The summed E-state index contributed by atoms with van der Waals surface area (Å²) in [6, 6.07) is 13.6. The second-order valence-electron chi connectivity index (χ2n) is 6.45. The molecule has 0 aliphatic carbocycles. The van der Waals surface area contributed by atoms with Crippen LogP contribution in [0.5, 0.6) is 5.75 Å². The Morgan fingerprint density at radius 2 is 1.79 bits per heavy atom. The van der Waals surface area contributed by atoms with E-state index in [9.17, 15) is 4.79 Å². The van der Waals surface area contributed by atoms with Crippen molar-refractivity contribution < 1.29 is 9.53 Å². The molecule has 0 saturated carbocycles. The normalized spacial score (nSPS) is 10.5. The Hall–Kier alpha value is -2.49. The lowest BCUT2D eigenvalue weighted by Crippen LogP contribution is -2.22. The Bertz CT molecular complexity index is 679. The average molecular weight is 326 g/mol. The number of ether oxygens (including phenoxy) is 1. The van der Waals surface area contributed by atoms with Gasteiger partial charge >= 0.3 is 0 Å².